The van der Waals surface area contributed by atoms with E-state index in [0.717, 1.165) is 37.9 Å². The summed E-state index contributed by atoms with van der Waals surface area (Å²) in [6, 6.07) is 7.26. The summed E-state index contributed by atoms with van der Waals surface area (Å²) < 4.78 is 26.6. The zero-order valence-corrected chi connectivity index (χ0v) is 12.4. The number of hydrogen-bond acceptors (Lipinski definition) is 3. The molecule has 0 bridgehead atoms. The molecule has 0 amide bonds. The molecule has 1 atom stereocenters. The summed E-state index contributed by atoms with van der Waals surface area (Å²) >= 11 is 0. The van der Waals surface area contributed by atoms with Crippen LogP contribution in [0.4, 0.5) is 0 Å². The van der Waals surface area contributed by atoms with Crippen LogP contribution in [0.3, 0.4) is 0 Å². The number of piperidine rings is 1. The van der Waals surface area contributed by atoms with Crippen molar-refractivity contribution in [3.63, 3.8) is 0 Å². The summed E-state index contributed by atoms with van der Waals surface area (Å²) in [5.41, 5.74) is 1.15. The maximum absolute atomic E-state index is 12.5. The van der Waals surface area contributed by atoms with E-state index in [1.54, 1.807) is 19.2 Å². The van der Waals surface area contributed by atoms with Crippen molar-refractivity contribution in [1.29, 1.82) is 0 Å². The van der Waals surface area contributed by atoms with Gasteiger partial charge in [-0.15, -0.1) is 0 Å². The topological polar surface area (TPSA) is 49.4 Å². The molecule has 0 aliphatic carbocycles. The Morgan fingerprint density at radius 1 is 1.32 bits per heavy atom. The van der Waals surface area contributed by atoms with Gasteiger partial charge < -0.3 is 5.32 Å². The molecule has 4 nitrogen and oxygen atoms in total. The smallest absolute Gasteiger partial charge is 0.243 e. The minimum absolute atomic E-state index is 0.0598. The van der Waals surface area contributed by atoms with E-state index in [0.29, 0.717) is 4.90 Å². The van der Waals surface area contributed by atoms with Crippen LogP contribution in [0.2, 0.25) is 0 Å². The predicted octanol–water partition coefficient (Wildman–Crippen LogP) is 1.62. The van der Waals surface area contributed by atoms with Gasteiger partial charge in [-0.3, -0.25) is 0 Å². The summed E-state index contributed by atoms with van der Waals surface area (Å²) in [6.07, 6.45) is 2.87. The molecule has 1 saturated heterocycles. The molecule has 1 N–H and O–H groups in total. The fourth-order valence-corrected chi connectivity index (χ4v) is 3.79. The number of nitrogens with one attached hydrogen (secondary N) is 1. The largest absolute Gasteiger partial charge is 0.315 e. The first kappa shape index (κ1) is 14.5. The Bertz CT molecular complexity index is 505. The highest BCUT2D eigenvalue weighted by Gasteiger charge is 2.28. The highest BCUT2D eigenvalue weighted by molar-refractivity contribution is 7.89. The molecule has 1 aliphatic rings. The molecule has 0 saturated carbocycles. The molecule has 2 rings (SSSR count). The van der Waals surface area contributed by atoms with Crippen molar-refractivity contribution < 1.29 is 8.42 Å². The Morgan fingerprint density at radius 2 is 2.00 bits per heavy atom. The molecule has 0 spiro atoms. The van der Waals surface area contributed by atoms with Crippen LogP contribution in [0.25, 0.3) is 0 Å². The van der Waals surface area contributed by atoms with Gasteiger partial charge in [0.2, 0.25) is 10.0 Å². The second-order valence-electron chi connectivity index (χ2n) is 5.02. The van der Waals surface area contributed by atoms with E-state index in [1.165, 1.54) is 4.31 Å². The molecular weight excluding hydrogens is 260 g/mol. The number of likely N-dealkylation sites (N-methyl/N-ethyl adjacent to an activating group) is 1. The van der Waals surface area contributed by atoms with E-state index in [1.807, 2.05) is 12.1 Å². The zero-order valence-electron chi connectivity index (χ0n) is 11.6. The first-order valence-electron chi connectivity index (χ1n) is 6.83. The number of rotatable bonds is 4. The average Bonchev–Trinajstić information content (AvgIpc) is 2.47. The van der Waals surface area contributed by atoms with Gasteiger partial charge in [-0.1, -0.05) is 19.1 Å². The molecule has 19 heavy (non-hydrogen) atoms. The van der Waals surface area contributed by atoms with E-state index in [9.17, 15) is 8.42 Å². The normalized spacial score (nSPS) is 20.7. The number of nitrogens with zero attached hydrogens (tertiary/aromatic N) is 1. The van der Waals surface area contributed by atoms with Crippen molar-refractivity contribution in [3.05, 3.63) is 29.8 Å². The second-order valence-corrected chi connectivity index (χ2v) is 7.02. The lowest BCUT2D eigenvalue weighted by atomic mass is 10.1. The van der Waals surface area contributed by atoms with Gasteiger partial charge in [0.15, 0.2) is 0 Å². The van der Waals surface area contributed by atoms with E-state index in [2.05, 4.69) is 12.2 Å². The highest BCUT2D eigenvalue weighted by atomic mass is 32.2. The SMILES string of the molecule is CCc1ccc(S(=O)(=O)N(C)C2CCCNC2)cc1. The van der Waals surface area contributed by atoms with E-state index in [4.69, 9.17) is 0 Å². The number of benzene rings is 1. The fourth-order valence-electron chi connectivity index (χ4n) is 2.40. The fraction of sp³-hybridized carbons (Fsp3) is 0.571. The van der Waals surface area contributed by atoms with Crippen molar-refractivity contribution in [2.24, 2.45) is 0 Å². The maximum Gasteiger partial charge on any atom is 0.243 e. The number of hydrogen-bond donors (Lipinski definition) is 1. The molecule has 1 fully saturated rings. The molecule has 5 heteroatoms. The summed E-state index contributed by atoms with van der Waals surface area (Å²) in [7, 11) is -1.69. The lowest BCUT2D eigenvalue weighted by Crippen LogP contribution is -2.46. The Labute approximate surface area is 115 Å². The molecule has 1 aliphatic heterocycles. The van der Waals surface area contributed by atoms with Gasteiger partial charge in [0, 0.05) is 19.6 Å². The molecular formula is C14H22N2O2S. The van der Waals surface area contributed by atoms with Crippen LogP contribution >= 0.6 is 0 Å². The van der Waals surface area contributed by atoms with Crippen molar-refractivity contribution in [2.45, 2.75) is 37.1 Å². The van der Waals surface area contributed by atoms with Gasteiger partial charge in [0.1, 0.15) is 0 Å². The second kappa shape index (κ2) is 6.03. The van der Waals surface area contributed by atoms with Crippen LogP contribution in [0.5, 0.6) is 0 Å². The third-order valence-corrected chi connectivity index (χ3v) is 5.72. The molecule has 106 valence electrons. The maximum atomic E-state index is 12.5. The van der Waals surface area contributed by atoms with Crippen LogP contribution in [0.15, 0.2) is 29.2 Å². The standard InChI is InChI=1S/C14H22N2O2S/c1-3-12-6-8-14(9-7-12)19(17,18)16(2)13-5-4-10-15-11-13/h6-9,13,15H,3-5,10-11H2,1-2H3. The third kappa shape index (κ3) is 3.16. The van der Waals surface area contributed by atoms with E-state index >= 15 is 0 Å². The van der Waals surface area contributed by atoms with E-state index < -0.39 is 10.0 Å². The van der Waals surface area contributed by atoms with Gasteiger partial charge in [-0.2, -0.15) is 4.31 Å². The summed E-state index contributed by atoms with van der Waals surface area (Å²) in [4.78, 5) is 0.387. The van der Waals surface area contributed by atoms with Crippen molar-refractivity contribution in [3.8, 4) is 0 Å². The Balaban J connectivity index is 2.19. The number of aryl methyl sites for hydroxylation is 1. The summed E-state index contributed by atoms with van der Waals surface area (Å²) in [6.45, 7) is 3.78. The summed E-state index contributed by atoms with van der Waals surface area (Å²) in [5, 5.41) is 3.25. The first-order valence-corrected chi connectivity index (χ1v) is 8.27. The minimum Gasteiger partial charge on any atom is -0.315 e. The lowest BCUT2D eigenvalue weighted by Gasteiger charge is -2.30. The van der Waals surface area contributed by atoms with Gasteiger partial charge in [-0.25, -0.2) is 8.42 Å². The number of sulfonamides is 1. The van der Waals surface area contributed by atoms with Crippen LogP contribution < -0.4 is 5.32 Å². The van der Waals surface area contributed by atoms with E-state index in [-0.39, 0.29) is 6.04 Å². The van der Waals surface area contributed by atoms with Crippen molar-refractivity contribution in [2.75, 3.05) is 20.1 Å². The van der Waals surface area contributed by atoms with Gasteiger partial charge in [-0.05, 0) is 43.5 Å². The minimum atomic E-state index is -3.37. The zero-order chi connectivity index (χ0) is 13.9. The first-order chi connectivity index (χ1) is 9.05. The summed E-state index contributed by atoms with van der Waals surface area (Å²) in [5.74, 6) is 0. The average molecular weight is 282 g/mol. The van der Waals surface area contributed by atoms with Crippen LogP contribution in [-0.2, 0) is 16.4 Å². The lowest BCUT2D eigenvalue weighted by molar-refractivity contribution is 0.300. The predicted molar refractivity (Wildman–Crippen MR) is 76.7 cm³/mol. The Kier molecular flexibility index (Phi) is 4.60. The molecule has 1 aromatic carbocycles. The Hall–Kier alpha value is -0.910. The Morgan fingerprint density at radius 3 is 2.53 bits per heavy atom. The third-order valence-electron chi connectivity index (χ3n) is 3.79. The molecule has 0 radical (unpaired) electrons. The van der Waals surface area contributed by atoms with Crippen LogP contribution in [0, 0.1) is 0 Å². The molecule has 0 aromatic heterocycles. The van der Waals surface area contributed by atoms with Gasteiger partial charge in [0.05, 0.1) is 4.90 Å². The van der Waals surface area contributed by atoms with Gasteiger partial charge in [0.25, 0.3) is 0 Å². The molecule has 1 unspecified atom stereocenters. The molecule has 1 aromatic rings. The van der Waals surface area contributed by atoms with Crippen LogP contribution in [0.1, 0.15) is 25.3 Å². The quantitative estimate of drug-likeness (QED) is 0.913. The van der Waals surface area contributed by atoms with Gasteiger partial charge >= 0.3 is 0 Å². The van der Waals surface area contributed by atoms with Crippen molar-refractivity contribution in [1.82, 2.24) is 9.62 Å². The molecule has 1 heterocycles. The monoisotopic (exact) mass is 282 g/mol. The van der Waals surface area contributed by atoms with Crippen LogP contribution in [-0.4, -0.2) is 38.9 Å². The highest BCUT2D eigenvalue weighted by Crippen LogP contribution is 2.20. The van der Waals surface area contributed by atoms with Crippen molar-refractivity contribution >= 4 is 10.0 Å².